The lowest BCUT2D eigenvalue weighted by Crippen LogP contribution is -2.04. The maximum Gasteiger partial charge on any atom is 0.309 e. The predicted octanol–water partition coefficient (Wildman–Crippen LogP) is 2.78. The topological polar surface area (TPSA) is 71.5 Å². The molecule has 0 unspecified atom stereocenters. The van der Waals surface area contributed by atoms with Gasteiger partial charge in [-0.15, -0.1) is 11.3 Å². The van der Waals surface area contributed by atoms with Crippen LogP contribution in [0.3, 0.4) is 0 Å². The molecule has 1 aromatic carbocycles. The summed E-state index contributed by atoms with van der Waals surface area (Å²) in [4.78, 5) is 14.8. The first-order chi connectivity index (χ1) is 9.69. The van der Waals surface area contributed by atoms with Crippen LogP contribution in [0.2, 0.25) is 0 Å². The molecule has 1 aromatic heterocycles. The van der Waals surface area contributed by atoms with Crippen molar-refractivity contribution in [2.45, 2.75) is 19.9 Å². The van der Waals surface area contributed by atoms with E-state index in [0.29, 0.717) is 24.0 Å². The van der Waals surface area contributed by atoms with Crippen LogP contribution in [0.25, 0.3) is 0 Å². The first-order valence-corrected chi connectivity index (χ1v) is 7.17. The minimum absolute atomic E-state index is 0.0479. The number of aliphatic carboxylic acids is 1. The molecule has 0 fully saturated rings. The van der Waals surface area contributed by atoms with E-state index < -0.39 is 5.97 Å². The highest BCUT2D eigenvalue weighted by molar-refractivity contribution is 7.13. The fourth-order valence-corrected chi connectivity index (χ4v) is 2.45. The Morgan fingerprint density at radius 2 is 2.25 bits per heavy atom. The number of carbonyl (C=O) groups is 1. The van der Waals surface area contributed by atoms with Crippen molar-refractivity contribution < 1.29 is 14.6 Å². The smallest absolute Gasteiger partial charge is 0.309 e. The van der Waals surface area contributed by atoms with Crippen molar-refractivity contribution in [2.75, 3.05) is 11.9 Å². The van der Waals surface area contributed by atoms with E-state index in [0.717, 1.165) is 11.3 Å². The van der Waals surface area contributed by atoms with E-state index in [2.05, 4.69) is 10.3 Å². The lowest BCUT2D eigenvalue weighted by Gasteiger charge is -2.10. The van der Waals surface area contributed by atoms with Gasteiger partial charge in [0.2, 0.25) is 0 Å². The maximum atomic E-state index is 10.6. The van der Waals surface area contributed by atoms with Crippen molar-refractivity contribution in [3.8, 4) is 5.75 Å². The molecule has 2 rings (SSSR count). The largest absolute Gasteiger partial charge is 0.494 e. The molecule has 6 heteroatoms. The summed E-state index contributed by atoms with van der Waals surface area (Å²) in [6.45, 7) is 3.16. The maximum absolute atomic E-state index is 10.6. The summed E-state index contributed by atoms with van der Waals surface area (Å²) in [5.74, 6) is -0.0200. The van der Waals surface area contributed by atoms with Crippen LogP contribution in [0.5, 0.6) is 5.75 Å². The minimum Gasteiger partial charge on any atom is -0.494 e. The molecular weight excluding hydrogens is 276 g/mol. The van der Waals surface area contributed by atoms with E-state index in [-0.39, 0.29) is 6.42 Å². The Morgan fingerprint density at radius 1 is 1.45 bits per heavy atom. The van der Waals surface area contributed by atoms with Gasteiger partial charge in [0.25, 0.3) is 0 Å². The van der Waals surface area contributed by atoms with E-state index in [1.165, 1.54) is 11.3 Å². The summed E-state index contributed by atoms with van der Waals surface area (Å²) in [6.07, 6.45) is -0.0479. The molecule has 0 bridgehead atoms. The monoisotopic (exact) mass is 292 g/mol. The van der Waals surface area contributed by atoms with Crippen LogP contribution in [0, 0.1) is 0 Å². The van der Waals surface area contributed by atoms with Gasteiger partial charge in [-0.2, -0.15) is 0 Å². The number of para-hydroxylation sites is 1. The van der Waals surface area contributed by atoms with Gasteiger partial charge in [-0.05, 0) is 13.0 Å². The van der Waals surface area contributed by atoms with Gasteiger partial charge in [0, 0.05) is 17.5 Å². The Morgan fingerprint density at radius 3 is 3.00 bits per heavy atom. The average Bonchev–Trinajstić information content (AvgIpc) is 2.85. The molecule has 0 amide bonds. The lowest BCUT2D eigenvalue weighted by molar-refractivity contribution is -0.136. The van der Waals surface area contributed by atoms with Gasteiger partial charge in [0.05, 0.1) is 18.7 Å². The molecular formula is C14H16N2O3S. The van der Waals surface area contributed by atoms with Gasteiger partial charge in [-0.3, -0.25) is 4.79 Å². The summed E-state index contributed by atoms with van der Waals surface area (Å²) in [5.41, 5.74) is 1.62. The van der Waals surface area contributed by atoms with Crippen molar-refractivity contribution in [2.24, 2.45) is 0 Å². The number of nitrogens with one attached hydrogen (secondary N) is 1. The molecule has 2 N–H and O–H groups in total. The predicted molar refractivity (Wildman–Crippen MR) is 78.4 cm³/mol. The number of rotatable bonds is 7. The zero-order chi connectivity index (χ0) is 14.4. The van der Waals surface area contributed by atoms with Crippen molar-refractivity contribution in [1.29, 1.82) is 0 Å². The number of nitrogens with zero attached hydrogens (tertiary/aromatic N) is 1. The van der Waals surface area contributed by atoms with Crippen molar-refractivity contribution in [3.63, 3.8) is 0 Å². The van der Waals surface area contributed by atoms with E-state index in [1.54, 1.807) is 5.38 Å². The fourth-order valence-electron chi connectivity index (χ4n) is 1.74. The molecule has 0 atom stereocenters. The number of anilines is 1. The molecule has 106 valence electrons. The van der Waals surface area contributed by atoms with Gasteiger partial charge in [0.15, 0.2) is 5.13 Å². The summed E-state index contributed by atoms with van der Waals surface area (Å²) in [7, 11) is 0. The van der Waals surface area contributed by atoms with E-state index in [9.17, 15) is 4.79 Å². The summed E-state index contributed by atoms with van der Waals surface area (Å²) >= 11 is 1.40. The number of thiazole rings is 1. The highest BCUT2D eigenvalue weighted by atomic mass is 32.1. The second-order valence-corrected chi connectivity index (χ2v) is 4.97. The Kier molecular flexibility index (Phi) is 4.95. The number of aromatic nitrogens is 1. The van der Waals surface area contributed by atoms with Crippen LogP contribution in [0.4, 0.5) is 5.13 Å². The van der Waals surface area contributed by atoms with Gasteiger partial charge >= 0.3 is 5.97 Å². The molecule has 0 aliphatic carbocycles. The van der Waals surface area contributed by atoms with E-state index in [1.807, 2.05) is 31.2 Å². The van der Waals surface area contributed by atoms with Crippen LogP contribution < -0.4 is 10.1 Å². The van der Waals surface area contributed by atoms with Gasteiger partial charge in [0.1, 0.15) is 5.75 Å². The zero-order valence-electron chi connectivity index (χ0n) is 11.1. The lowest BCUT2D eigenvalue weighted by atomic mass is 10.2. The van der Waals surface area contributed by atoms with Crippen molar-refractivity contribution in [3.05, 3.63) is 40.9 Å². The molecule has 20 heavy (non-hydrogen) atoms. The summed E-state index contributed by atoms with van der Waals surface area (Å²) in [6, 6.07) is 7.81. The number of benzene rings is 1. The summed E-state index contributed by atoms with van der Waals surface area (Å²) in [5, 5.41) is 14.4. The first-order valence-electron chi connectivity index (χ1n) is 6.29. The van der Waals surface area contributed by atoms with Gasteiger partial charge < -0.3 is 15.2 Å². The van der Waals surface area contributed by atoms with Crippen LogP contribution in [-0.2, 0) is 17.8 Å². The number of ether oxygens (including phenoxy) is 1. The first kappa shape index (κ1) is 14.3. The molecule has 0 saturated heterocycles. The Bertz CT molecular complexity index is 583. The number of carboxylic acids is 1. The van der Waals surface area contributed by atoms with Gasteiger partial charge in [-0.25, -0.2) is 4.98 Å². The third-order valence-corrected chi connectivity index (χ3v) is 3.44. The Balaban J connectivity index is 1.98. The molecule has 0 saturated carbocycles. The second-order valence-electron chi connectivity index (χ2n) is 4.11. The third kappa shape index (κ3) is 3.96. The second kappa shape index (κ2) is 6.91. The molecule has 0 aliphatic rings. The van der Waals surface area contributed by atoms with Crippen LogP contribution >= 0.6 is 11.3 Å². The van der Waals surface area contributed by atoms with E-state index >= 15 is 0 Å². The summed E-state index contributed by atoms with van der Waals surface area (Å²) < 4.78 is 5.55. The molecule has 1 heterocycles. The van der Waals surface area contributed by atoms with Crippen molar-refractivity contribution in [1.82, 2.24) is 4.98 Å². The zero-order valence-corrected chi connectivity index (χ0v) is 11.9. The average molecular weight is 292 g/mol. The number of carboxylic acid groups (broad SMARTS) is 1. The number of hydrogen-bond acceptors (Lipinski definition) is 5. The fraction of sp³-hybridized carbons (Fsp3) is 0.286. The van der Waals surface area contributed by atoms with Gasteiger partial charge in [-0.1, -0.05) is 18.2 Å². The normalized spacial score (nSPS) is 10.2. The van der Waals surface area contributed by atoms with E-state index in [4.69, 9.17) is 9.84 Å². The quantitative estimate of drug-likeness (QED) is 0.821. The van der Waals surface area contributed by atoms with Crippen LogP contribution in [0.1, 0.15) is 18.2 Å². The van der Waals surface area contributed by atoms with Crippen LogP contribution in [-0.4, -0.2) is 22.7 Å². The third-order valence-electron chi connectivity index (χ3n) is 2.59. The molecule has 2 aromatic rings. The number of hydrogen-bond donors (Lipinski definition) is 2. The minimum atomic E-state index is -0.872. The molecule has 0 aliphatic heterocycles. The molecule has 0 spiro atoms. The molecule has 5 nitrogen and oxygen atoms in total. The highest BCUT2D eigenvalue weighted by Gasteiger charge is 2.07. The van der Waals surface area contributed by atoms with Crippen molar-refractivity contribution >= 4 is 22.4 Å². The molecule has 0 radical (unpaired) electrons. The Labute approximate surface area is 121 Å². The van der Waals surface area contributed by atoms with Crippen LogP contribution in [0.15, 0.2) is 29.6 Å². The SMILES string of the molecule is CCOc1ccccc1CNc1nc(CC(=O)O)cs1. The highest BCUT2D eigenvalue weighted by Crippen LogP contribution is 2.21. The standard InChI is InChI=1S/C14H16N2O3S/c1-2-19-12-6-4-3-5-10(12)8-15-14-16-11(9-20-14)7-13(17)18/h3-6,9H,2,7-8H2,1H3,(H,15,16)(H,17,18). The Hall–Kier alpha value is -2.08.